The number of nitrogens with one attached hydrogen (secondary N) is 1. The molecule has 2 aromatic rings. The van der Waals surface area contributed by atoms with Gasteiger partial charge in [0.2, 0.25) is 11.8 Å². The zero-order valence-electron chi connectivity index (χ0n) is 17.0. The molecule has 1 heterocycles. The van der Waals surface area contributed by atoms with Crippen LogP contribution < -0.4 is 15.0 Å². The number of aryl methyl sites for hydroxylation is 2. The van der Waals surface area contributed by atoms with E-state index in [0.29, 0.717) is 17.1 Å². The number of methoxy groups -OCH3 is 1. The molecule has 0 aromatic heterocycles. The number of nitrogens with zero attached hydrogens (tertiary/aromatic N) is 2. The van der Waals surface area contributed by atoms with Crippen LogP contribution in [-0.2, 0) is 9.59 Å². The normalized spacial score (nSPS) is 17.9. The van der Waals surface area contributed by atoms with Gasteiger partial charge in [0.05, 0.1) is 24.4 Å². The number of rotatable bonds is 4. The van der Waals surface area contributed by atoms with Gasteiger partial charge in [-0.05, 0) is 68.5 Å². The van der Waals surface area contributed by atoms with Gasteiger partial charge in [-0.2, -0.15) is 0 Å². The topological polar surface area (TPSA) is 71.0 Å². The van der Waals surface area contributed by atoms with E-state index in [1.807, 2.05) is 38.1 Å². The number of hydrogen-bond acceptors (Lipinski definition) is 4. The molecule has 1 saturated carbocycles. The summed E-state index contributed by atoms with van der Waals surface area (Å²) >= 11 is 0. The molecule has 150 valence electrons. The van der Waals surface area contributed by atoms with E-state index in [1.54, 1.807) is 24.1 Å². The second-order valence-electron chi connectivity index (χ2n) is 7.68. The van der Waals surface area contributed by atoms with Crippen LogP contribution in [0.15, 0.2) is 41.4 Å². The summed E-state index contributed by atoms with van der Waals surface area (Å²) in [5.41, 5.74) is 5.25. The molecule has 1 fully saturated rings. The average molecular weight is 391 g/mol. The van der Waals surface area contributed by atoms with Crippen LogP contribution >= 0.6 is 0 Å². The van der Waals surface area contributed by atoms with E-state index in [4.69, 9.17) is 9.73 Å². The first kappa shape index (κ1) is 19.2. The Morgan fingerprint density at radius 2 is 2.03 bits per heavy atom. The zero-order chi connectivity index (χ0) is 20.5. The lowest BCUT2D eigenvalue weighted by molar-refractivity contribution is -0.122. The van der Waals surface area contributed by atoms with Crippen LogP contribution in [0.5, 0.6) is 5.75 Å². The number of ether oxygens (including phenoxy) is 1. The van der Waals surface area contributed by atoms with Gasteiger partial charge in [-0.1, -0.05) is 6.07 Å². The minimum atomic E-state index is -0.253. The second-order valence-corrected chi connectivity index (χ2v) is 7.68. The molecule has 1 atom stereocenters. The largest absolute Gasteiger partial charge is 0.497 e. The molecular weight excluding hydrogens is 366 g/mol. The van der Waals surface area contributed by atoms with Crippen LogP contribution in [0.1, 0.15) is 30.4 Å². The van der Waals surface area contributed by atoms with E-state index in [0.717, 1.165) is 41.8 Å². The Balaban J connectivity index is 1.64. The SMILES string of the molecule is COc1cccc(NC(=O)CN2C(=O)[C@@H]3CCCC3=Nc3cc(C)c(C)cc32)c1. The number of benzene rings is 2. The Hall–Kier alpha value is -3.15. The number of aliphatic imine (C=N–C) groups is 1. The van der Waals surface area contributed by atoms with Crippen molar-refractivity contribution in [3.63, 3.8) is 0 Å². The summed E-state index contributed by atoms with van der Waals surface area (Å²) in [4.78, 5) is 32.6. The van der Waals surface area contributed by atoms with Crippen molar-refractivity contribution in [1.82, 2.24) is 0 Å². The quantitative estimate of drug-likeness (QED) is 0.850. The van der Waals surface area contributed by atoms with Gasteiger partial charge in [-0.15, -0.1) is 0 Å². The van der Waals surface area contributed by atoms with Gasteiger partial charge in [0.1, 0.15) is 12.3 Å². The van der Waals surface area contributed by atoms with Crippen LogP contribution in [0.2, 0.25) is 0 Å². The summed E-state index contributed by atoms with van der Waals surface area (Å²) in [7, 11) is 1.58. The molecule has 2 aliphatic rings. The fraction of sp³-hybridized carbons (Fsp3) is 0.348. The molecule has 2 amide bonds. The highest BCUT2D eigenvalue weighted by molar-refractivity contribution is 6.17. The van der Waals surface area contributed by atoms with Crippen LogP contribution in [0.25, 0.3) is 0 Å². The monoisotopic (exact) mass is 391 g/mol. The van der Waals surface area contributed by atoms with E-state index in [2.05, 4.69) is 5.32 Å². The fourth-order valence-corrected chi connectivity index (χ4v) is 3.99. The highest BCUT2D eigenvalue weighted by Crippen LogP contribution is 2.39. The molecule has 0 radical (unpaired) electrons. The van der Waals surface area contributed by atoms with Gasteiger partial charge in [0, 0.05) is 17.5 Å². The first-order valence-corrected chi connectivity index (χ1v) is 9.90. The van der Waals surface area contributed by atoms with Crippen LogP contribution in [0.4, 0.5) is 17.1 Å². The zero-order valence-corrected chi connectivity index (χ0v) is 17.0. The lowest BCUT2D eigenvalue weighted by Gasteiger charge is -2.25. The summed E-state index contributed by atoms with van der Waals surface area (Å²) < 4.78 is 5.21. The van der Waals surface area contributed by atoms with E-state index < -0.39 is 0 Å². The Labute approximate surface area is 170 Å². The van der Waals surface area contributed by atoms with Gasteiger partial charge in [0.15, 0.2) is 0 Å². The predicted octanol–water partition coefficient (Wildman–Crippen LogP) is 4.17. The predicted molar refractivity (Wildman–Crippen MR) is 114 cm³/mol. The smallest absolute Gasteiger partial charge is 0.244 e. The summed E-state index contributed by atoms with van der Waals surface area (Å²) in [6, 6.07) is 11.1. The van der Waals surface area contributed by atoms with Crippen molar-refractivity contribution in [2.24, 2.45) is 10.9 Å². The van der Waals surface area contributed by atoms with Crippen molar-refractivity contribution in [3.8, 4) is 5.75 Å². The molecule has 6 nitrogen and oxygen atoms in total. The third kappa shape index (κ3) is 3.75. The maximum absolute atomic E-state index is 13.3. The third-order valence-corrected chi connectivity index (χ3v) is 5.69. The molecule has 0 bridgehead atoms. The maximum atomic E-state index is 13.3. The van der Waals surface area contributed by atoms with Crippen molar-refractivity contribution in [2.75, 3.05) is 23.9 Å². The number of carbonyl (C=O) groups is 2. The summed E-state index contributed by atoms with van der Waals surface area (Å²) in [5.74, 6) is 0.142. The first-order valence-electron chi connectivity index (χ1n) is 9.90. The van der Waals surface area contributed by atoms with E-state index in [9.17, 15) is 9.59 Å². The molecule has 4 rings (SSSR count). The van der Waals surface area contributed by atoms with Gasteiger partial charge in [0.25, 0.3) is 0 Å². The van der Waals surface area contributed by atoms with Gasteiger partial charge in [-0.3, -0.25) is 14.6 Å². The van der Waals surface area contributed by atoms with E-state index in [-0.39, 0.29) is 24.3 Å². The number of amides is 2. The number of fused-ring (bicyclic) bond motifs is 2. The minimum absolute atomic E-state index is 0.0379. The molecular formula is C23H25N3O3. The second kappa shape index (κ2) is 7.70. The molecule has 1 N–H and O–H groups in total. The van der Waals surface area contributed by atoms with Crippen molar-refractivity contribution < 1.29 is 14.3 Å². The van der Waals surface area contributed by atoms with E-state index >= 15 is 0 Å². The molecule has 1 aliphatic heterocycles. The van der Waals surface area contributed by atoms with Crippen molar-refractivity contribution in [1.29, 1.82) is 0 Å². The molecule has 29 heavy (non-hydrogen) atoms. The van der Waals surface area contributed by atoms with Crippen LogP contribution in [0.3, 0.4) is 0 Å². The van der Waals surface area contributed by atoms with Gasteiger partial charge >= 0.3 is 0 Å². The minimum Gasteiger partial charge on any atom is -0.497 e. The van der Waals surface area contributed by atoms with Gasteiger partial charge < -0.3 is 15.0 Å². The first-order chi connectivity index (χ1) is 14.0. The molecule has 0 unspecified atom stereocenters. The lowest BCUT2D eigenvalue weighted by Crippen LogP contribution is -2.42. The molecule has 2 aromatic carbocycles. The molecule has 1 aliphatic carbocycles. The van der Waals surface area contributed by atoms with Gasteiger partial charge in [-0.25, -0.2) is 0 Å². The fourth-order valence-electron chi connectivity index (χ4n) is 3.99. The summed E-state index contributed by atoms with van der Waals surface area (Å²) in [6.07, 6.45) is 2.59. The molecule has 0 spiro atoms. The highest BCUT2D eigenvalue weighted by Gasteiger charge is 2.37. The van der Waals surface area contributed by atoms with Crippen LogP contribution in [-0.4, -0.2) is 31.2 Å². The standard InChI is InChI=1S/C23H25N3O3/c1-14-10-20-21(11-15(14)2)26(23(28)18-8-5-9-19(18)25-20)13-22(27)24-16-6-4-7-17(12-16)29-3/h4,6-7,10-12,18H,5,8-9,13H2,1-3H3,(H,24,27)/t18-/m1/s1. The Morgan fingerprint density at radius 1 is 1.24 bits per heavy atom. The highest BCUT2D eigenvalue weighted by atomic mass is 16.5. The summed E-state index contributed by atoms with van der Waals surface area (Å²) in [6.45, 7) is 3.99. The Morgan fingerprint density at radius 3 is 2.83 bits per heavy atom. The summed E-state index contributed by atoms with van der Waals surface area (Å²) in [5, 5.41) is 2.87. The molecule has 0 saturated heterocycles. The van der Waals surface area contributed by atoms with Crippen molar-refractivity contribution in [3.05, 3.63) is 47.5 Å². The van der Waals surface area contributed by atoms with Crippen molar-refractivity contribution >= 4 is 34.6 Å². The number of carbonyl (C=O) groups excluding carboxylic acids is 2. The van der Waals surface area contributed by atoms with E-state index in [1.165, 1.54) is 0 Å². The van der Waals surface area contributed by atoms with Crippen molar-refractivity contribution in [2.45, 2.75) is 33.1 Å². The average Bonchev–Trinajstić information content (AvgIpc) is 3.13. The maximum Gasteiger partial charge on any atom is 0.244 e. The Bertz CT molecular complexity index is 1010. The Kier molecular flexibility index (Phi) is 5.09. The molecule has 6 heteroatoms. The van der Waals surface area contributed by atoms with Crippen LogP contribution in [0, 0.1) is 19.8 Å². The lowest BCUT2D eigenvalue weighted by atomic mass is 10.0. The number of hydrogen-bond donors (Lipinski definition) is 1. The number of anilines is 2. The third-order valence-electron chi connectivity index (χ3n) is 5.69.